The minimum atomic E-state index is -3.90. The van der Waals surface area contributed by atoms with E-state index in [0.717, 1.165) is 6.20 Å². The smallest absolute Gasteiger partial charge is 0.264 e. The first-order valence-corrected chi connectivity index (χ1v) is 7.11. The van der Waals surface area contributed by atoms with Gasteiger partial charge in [0.05, 0.1) is 5.02 Å². The van der Waals surface area contributed by atoms with E-state index in [0.29, 0.717) is 0 Å². The number of sulfonamides is 1. The second-order valence-electron chi connectivity index (χ2n) is 3.44. The fourth-order valence-electron chi connectivity index (χ4n) is 1.21. The second kappa shape index (κ2) is 5.20. The van der Waals surface area contributed by atoms with Gasteiger partial charge >= 0.3 is 0 Å². The Morgan fingerprint density at radius 1 is 1.16 bits per heavy atom. The zero-order valence-electron chi connectivity index (χ0n) is 9.21. The SMILES string of the molecule is O=S(=O)(Nc1ncc(Cl)cc1O)c1ccc(Cl)nc1. The van der Waals surface area contributed by atoms with Gasteiger partial charge in [-0.3, -0.25) is 4.72 Å². The summed E-state index contributed by atoms with van der Waals surface area (Å²) < 4.78 is 26.1. The van der Waals surface area contributed by atoms with Crippen molar-refractivity contribution in [2.24, 2.45) is 0 Å². The second-order valence-corrected chi connectivity index (χ2v) is 5.95. The van der Waals surface area contributed by atoms with Crippen molar-refractivity contribution in [2.45, 2.75) is 4.90 Å². The highest BCUT2D eigenvalue weighted by Gasteiger charge is 2.17. The quantitative estimate of drug-likeness (QED) is 0.847. The molecule has 9 heteroatoms. The molecule has 0 bridgehead atoms. The monoisotopic (exact) mass is 319 g/mol. The van der Waals surface area contributed by atoms with Gasteiger partial charge in [-0.05, 0) is 12.1 Å². The molecule has 0 saturated heterocycles. The third kappa shape index (κ3) is 3.25. The molecule has 2 heterocycles. The van der Waals surface area contributed by atoms with Gasteiger partial charge in [0, 0.05) is 18.5 Å². The number of hydrogen-bond acceptors (Lipinski definition) is 5. The summed E-state index contributed by atoms with van der Waals surface area (Å²) >= 11 is 11.2. The Morgan fingerprint density at radius 3 is 2.47 bits per heavy atom. The van der Waals surface area contributed by atoms with E-state index in [1.165, 1.54) is 24.4 Å². The van der Waals surface area contributed by atoms with Crippen molar-refractivity contribution in [1.82, 2.24) is 9.97 Å². The van der Waals surface area contributed by atoms with E-state index in [9.17, 15) is 13.5 Å². The Kier molecular flexibility index (Phi) is 3.79. The molecule has 0 saturated carbocycles. The fourth-order valence-corrected chi connectivity index (χ4v) is 2.45. The highest BCUT2D eigenvalue weighted by atomic mass is 35.5. The van der Waals surface area contributed by atoms with Crippen LogP contribution in [0, 0.1) is 0 Å². The maximum Gasteiger partial charge on any atom is 0.264 e. The molecule has 0 spiro atoms. The molecule has 2 rings (SSSR count). The minimum Gasteiger partial charge on any atom is -0.504 e. The number of anilines is 1. The lowest BCUT2D eigenvalue weighted by molar-refractivity contribution is 0.475. The molecule has 0 aliphatic heterocycles. The molecular formula is C10H7Cl2N3O3S. The lowest BCUT2D eigenvalue weighted by Gasteiger charge is -2.08. The number of halogens is 2. The summed E-state index contributed by atoms with van der Waals surface area (Å²) in [5.41, 5.74) is 0. The number of nitrogens with zero attached hydrogens (tertiary/aromatic N) is 2. The molecule has 0 atom stereocenters. The van der Waals surface area contributed by atoms with E-state index < -0.39 is 10.0 Å². The third-order valence-corrected chi connectivity index (χ3v) is 3.83. The molecule has 19 heavy (non-hydrogen) atoms. The highest BCUT2D eigenvalue weighted by Crippen LogP contribution is 2.26. The minimum absolute atomic E-state index is 0.104. The zero-order chi connectivity index (χ0) is 14.0. The van der Waals surface area contributed by atoms with Crippen LogP contribution in [0.2, 0.25) is 10.2 Å². The summed E-state index contributed by atoms with van der Waals surface area (Å²) in [5, 5.41) is 9.90. The van der Waals surface area contributed by atoms with Gasteiger partial charge in [0.2, 0.25) is 0 Å². The number of aromatic hydroxyl groups is 1. The van der Waals surface area contributed by atoms with E-state index in [1.54, 1.807) is 0 Å². The molecule has 2 N–H and O–H groups in total. The van der Waals surface area contributed by atoms with Crippen molar-refractivity contribution in [2.75, 3.05) is 4.72 Å². The first kappa shape index (κ1) is 13.9. The van der Waals surface area contributed by atoms with Crippen LogP contribution in [-0.2, 0) is 10.0 Å². The Bertz CT molecular complexity index is 704. The Balaban J connectivity index is 2.33. The van der Waals surface area contributed by atoms with E-state index in [-0.39, 0.29) is 26.6 Å². The van der Waals surface area contributed by atoms with Gasteiger partial charge in [-0.1, -0.05) is 23.2 Å². The topological polar surface area (TPSA) is 92.2 Å². The van der Waals surface area contributed by atoms with Crippen molar-refractivity contribution in [3.05, 3.63) is 40.8 Å². The summed E-state index contributed by atoms with van der Waals surface area (Å²) in [6.07, 6.45) is 2.30. The average molecular weight is 320 g/mol. The summed E-state index contributed by atoms with van der Waals surface area (Å²) in [6.45, 7) is 0. The molecule has 100 valence electrons. The molecule has 2 aromatic rings. The van der Waals surface area contributed by atoms with Crippen LogP contribution in [0.1, 0.15) is 0 Å². The molecule has 0 unspecified atom stereocenters. The maximum atomic E-state index is 12.0. The normalized spacial score (nSPS) is 11.3. The third-order valence-electron chi connectivity index (χ3n) is 2.08. The predicted octanol–water partition coefficient (Wildman–Crippen LogP) is 2.29. The largest absolute Gasteiger partial charge is 0.504 e. The van der Waals surface area contributed by atoms with Gasteiger partial charge in [0.1, 0.15) is 10.0 Å². The Labute approximate surface area is 119 Å². The summed E-state index contributed by atoms with van der Waals surface area (Å²) in [5.74, 6) is -0.600. The number of hydrogen-bond donors (Lipinski definition) is 2. The summed E-state index contributed by atoms with van der Waals surface area (Å²) in [4.78, 5) is 7.25. The van der Waals surface area contributed by atoms with Crippen molar-refractivity contribution < 1.29 is 13.5 Å². The van der Waals surface area contributed by atoms with Gasteiger partial charge in [-0.2, -0.15) is 0 Å². The van der Waals surface area contributed by atoms with Gasteiger partial charge in [0.15, 0.2) is 11.6 Å². The molecule has 0 amide bonds. The maximum absolute atomic E-state index is 12.0. The first-order valence-electron chi connectivity index (χ1n) is 4.87. The van der Waals surface area contributed by atoms with Crippen LogP contribution in [0.3, 0.4) is 0 Å². The molecule has 0 radical (unpaired) electrons. The van der Waals surface area contributed by atoms with Gasteiger partial charge < -0.3 is 5.11 Å². The Morgan fingerprint density at radius 2 is 1.89 bits per heavy atom. The number of aromatic nitrogens is 2. The van der Waals surface area contributed by atoms with Gasteiger partial charge in [0.25, 0.3) is 10.0 Å². The molecule has 0 aromatic carbocycles. The standard InChI is InChI=1S/C10H7Cl2N3O3S/c11-6-3-8(16)10(14-4-6)15-19(17,18)7-1-2-9(12)13-5-7/h1-5,16H,(H,14,15). The zero-order valence-corrected chi connectivity index (χ0v) is 11.5. The molecule has 0 aliphatic rings. The first-order chi connectivity index (χ1) is 8.88. The van der Waals surface area contributed by atoms with Crippen LogP contribution in [0.25, 0.3) is 0 Å². The van der Waals surface area contributed by atoms with E-state index in [2.05, 4.69) is 14.7 Å². The van der Waals surface area contributed by atoms with Crippen LogP contribution in [0.4, 0.5) is 5.82 Å². The molecule has 2 aromatic heterocycles. The van der Waals surface area contributed by atoms with Gasteiger partial charge in [-0.25, -0.2) is 18.4 Å². The van der Waals surface area contributed by atoms with Crippen LogP contribution >= 0.6 is 23.2 Å². The number of pyridine rings is 2. The molecule has 6 nitrogen and oxygen atoms in total. The Hall–Kier alpha value is -1.57. The average Bonchev–Trinajstić information content (AvgIpc) is 2.33. The molecule has 0 aliphatic carbocycles. The predicted molar refractivity (Wildman–Crippen MR) is 71.0 cm³/mol. The fraction of sp³-hybridized carbons (Fsp3) is 0. The van der Waals surface area contributed by atoms with Crippen molar-refractivity contribution in [1.29, 1.82) is 0 Å². The number of nitrogens with one attached hydrogen (secondary N) is 1. The van der Waals surface area contributed by atoms with Crippen molar-refractivity contribution in [3.63, 3.8) is 0 Å². The molecular weight excluding hydrogens is 313 g/mol. The van der Waals surface area contributed by atoms with Crippen LogP contribution in [-0.4, -0.2) is 23.5 Å². The van der Waals surface area contributed by atoms with Crippen LogP contribution in [0.15, 0.2) is 35.5 Å². The van der Waals surface area contributed by atoms with Crippen LogP contribution in [0.5, 0.6) is 5.75 Å². The van der Waals surface area contributed by atoms with E-state index >= 15 is 0 Å². The molecule has 0 fully saturated rings. The van der Waals surface area contributed by atoms with Crippen molar-refractivity contribution in [3.8, 4) is 5.75 Å². The lowest BCUT2D eigenvalue weighted by Crippen LogP contribution is -2.14. The summed E-state index contributed by atoms with van der Waals surface area (Å²) in [7, 11) is -3.90. The number of rotatable bonds is 3. The van der Waals surface area contributed by atoms with Crippen molar-refractivity contribution >= 4 is 39.0 Å². The van der Waals surface area contributed by atoms with Crippen LogP contribution < -0.4 is 4.72 Å². The lowest BCUT2D eigenvalue weighted by atomic mass is 10.4. The summed E-state index contributed by atoms with van der Waals surface area (Å²) in [6, 6.07) is 3.79. The van der Waals surface area contributed by atoms with E-state index in [1.807, 2.05) is 0 Å². The highest BCUT2D eigenvalue weighted by molar-refractivity contribution is 7.92. The van der Waals surface area contributed by atoms with E-state index in [4.69, 9.17) is 23.2 Å². The van der Waals surface area contributed by atoms with Gasteiger partial charge in [-0.15, -0.1) is 0 Å².